The molecule has 0 aliphatic carbocycles. The summed E-state index contributed by atoms with van der Waals surface area (Å²) in [7, 11) is -7.37. The van der Waals surface area contributed by atoms with Gasteiger partial charge in [0.1, 0.15) is 26.2 Å². The van der Waals surface area contributed by atoms with E-state index in [1.807, 2.05) is 0 Å². The molecule has 1 aliphatic heterocycles. The van der Waals surface area contributed by atoms with Crippen molar-refractivity contribution in [3.63, 3.8) is 0 Å². The Labute approximate surface area is 121 Å². The van der Waals surface area contributed by atoms with E-state index < -0.39 is 48.1 Å². The Kier molecular flexibility index (Phi) is 4.22. The van der Waals surface area contributed by atoms with E-state index in [-0.39, 0.29) is 24.3 Å². The summed E-state index contributed by atoms with van der Waals surface area (Å²) in [5.74, 6) is -2.66. The van der Waals surface area contributed by atoms with Crippen LogP contribution in [0.25, 0.3) is 0 Å². The van der Waals surface area contributed by atoms with E-state index in [2.05, 4.69) is 4.72 Å². The topological polar surface area (TPSA) is 106 Å². The maximum atomic E-state index is 13.8. The van der Waals surface area contributed by atoms with Gasteiger partial charge in [-0.25, -0.2) is 30.3 Å². The van der Waals surface area contributed by atoms with Gasteiger partial charge in [0.05, 0.1) is 11.5 Å². The predicted octanol–water partition coefficient (Wildman–Crippen LogP) is 0.402. The minimum atomic E-state index is -4.23. The molecule has 1 aromatic carbocycles. The number of nitrogen functional groups attached to an aromatic ring is 1. The van der Waals surface area contributed by atoms with Gasteiger partial charge < -0.3 is 5.73 Å². The molecule has 0 spiro atoms. The second-order valence-corrected chi connectivity index (χ2v) is 8.81. The second kappa shape index (κ2) is 5.50. The van der Waals surface area contributed by atoms with E-state index in [9.17, 15) is 25.6 Å². The zero-order valence-electron chi connectivity index (χ0n) is 10.8. The quantitative estimate of drug-likeness (QED) is 0.775. The smallest absolute Gasteiger partial charge is 0.243 e. The summed E-state index contributed by atoms with van der Waals surface area (Å²) in [5.41, 5.74) is 4.26. The van der Waals surface area contributed by atoms with Gasteiger partial charge in [0.2, 0.25) is 10.0 Å². The number of anilines is 1. The molecule has 1 aliphatic rings. The fourth-order valence-electron chi connectivity index (χ4n) is 2.05. The number of hydrogen-bond donors (Lipinski definition) is 2. The number of benzene rings is 1. The first kappa shape index (κ1) is 16.1. The van der Waals surface area contributed by atoms with Crippen molar-refractivity contribution in [3.05, 3.63) is 23.8 Å². The lowest BCUT2D eigenvalue weighted by Crippen LogP contribution is -2.41. The van der Waals surface area contributed by atoms with Crippen molar-refractivity contribution in [1.82, 2.24) is 4.72 Å². The number of nitrogens with one attached hydrogen (secondary N) is 1. The molecule has 1 aromatic rings. The molecule has 2 rings (SSSR count). The monoisotopic (exact) mass is 340 g/mol. The molecule has 6 nitrogen and oxygen atoms in total. The average molecular weight is 340 g/mol. The van der Waals surface area contributed by atoms with E-state index in [4.69, 9.17) is 5.73 Å². The van der Waals surface area contributed by atoms with Crippen LogP contribution in [0.1, 0.15) is 12.8 Å². The van der Waals surface area contributed by atoms with Crippen molar-refractivity contribution in [3.8, 4) is 0 Å². The molecule has 3 N–H and O–H groups in total. The highest BCUT2D eigenvalue weighted by Gasteiger charge is 2.29. The van der Waals surface area contributed by atoms with Crippen LogP contribution in [0.3, 0.4) is 0 Å². The molecule has 0 radical (unpaired) electrons. The van der Waals surface area contributed by atoms with Crippen LogP contribution in [-0.4, -0.2) is 34.4 Å². The van der Waals surface area contributed by atoms with Gasteiger partial charge in [-0.1, -0.05) is 0 Å². The van der Waals surface area contributed by atoms with E-state index >= 15 is 0 Å². The number of halogens is 2. The van der Waals surface area contributed by atoms with Crippen molar-refractivity contribution in [2.45, 2.75) is 23.8 Å². The Bertz CT molecular complexity index is 749. The molecule has 1 fully saturated rings. The Morgan fingerprint density at radius 3 is 2.33 bits per heavy atom. The van der Waals surface area contributed by atoms with Crippen LogP contribution in [0.15, 0.2) is 17.0 Å². The number of nitrogens with two attached hydrogens (primary N) is 1. The Balaban J connectivity index is 2.22. The fourth-order valence-corrected chi connectivity index (χ4v) is 4.93. The molecule has 0 saturated carbocycles. The van der Waals surface area contributed by atoms with Crippen LogP contribution >= 0.6 is 0 Å². The van der Waals surface area contributed by atoms with Gasteiger partial charge in [-0.3, -0.25) is 0 Å². The minimum absolute atomic E-state index is 0.111. The number of rotatable bonds is 3. The van der Waals surface area contributed by atoms with Gasteiger partial charge >= 0.3 is 0 Å². The summed E-state index contributed by atoms with van der Waals surface area (Å²) in [6.07, 6.45) is 0.222. The van der Waals surface area contributed by atoms with Gasteiger partial charge in [-0.2, -0.15) is 0 Å². The van der Waals surface area contributed by atoms with Gasteiger partial charge in [-0.15, -0.1) is 0 Å². The Morgan fingerprint density at radius 1 is 1.19 bits per heavy atom. The van der Waals surface area contributed by atoms with Crippen molar-refractivity contribution in [2.75, 3.05) is 17.2 Å². The van der Waals surface area contributed by atoms with Crippen molar-refractivity contribution >= 4 is 25.5 Å². The lowest BCUT2D eigenvalue weighted by atomic mass is 10.2. The van der Waals surface area contributed by atoms with Gasteiger partial charge in [0, 0.05) is 6.04 Å². The summed E-state index contributed by atoms with van der Waals surface area (Å²) in [5, 5.41) is 0. The molecule has 21 heavy (non-hydrogen) atoms. The lowest BCUT2D eigenvalue weighted by Gasteiger charge is -2.23. The van der Waals surface area contributed by atoms with Gasteiger partial charge in [0.15, 0.2) is 5.82 Å². The van der Waals surface area contributed by atoms with E-state index in [0.717, 1.165) is 12.1 Å². The second-order valence-electron chi connectivity index (χ2n) is 4.82. The molecule has 0 atom stereocenters. The molecular weight excluding hydrogens is 326 g/mol. The SMILES string of the molecule is Nc1c(F)ccc(S(=O)(=O)NC2CCS(=O)(=O)CC2)c1F. The molecule has 118 valence electrons. The molecule has 10 heteroatoms. The van der Waals surface area contributed by atoms with Crippen LogP contribution < -0.4 is 10.5 Å². The number of sulfonamides is 1. The Hall–Kier alpha value is -1.26. The minimum Gasteiger partial charge on any atom is -0.394 e. The first-order chi connectivity index (χ1) is 9.62. The van der Waals surface area contributed by atoms with Gasteiger partial charge in [-0.05, 0) is 25.0 Å². The predicted molar refractivity (Wildman–Crippen MR) is 72.8 cm³/mol. The highest BCUT2D eigenvalue weighted by atomic mass is 32.2. The zero-order chi connectivity index (χ0) is 15.8. The summed E-state index contributed by atoms with van der Waals surface area (Å²) in [6, 6.07) is 0.936. The molecule has 0 bridgehead atoms. The lowest BCUT2D eigenvalue weighted by molar-refractivity contribution is 0.499. The number of sulfone groups is 1. The number of hydrogen-bond acceptors (Lipinski definition) is 5. The van der Waals surface area contributed by atoms with Crippen LogP contribution in [0.4, 0.5) is 14.5 Å². The third-order valence-corrected chi connectivity index (χ3v) is 6.51. The van der Waals surface area contributed by atoms with Crippen LogP contribution in [0.5, 0.6) is 0 Å². The van der Waals surface area contributed by atoms with Crippen molar-refractivity contribution in [1.29, 1.82) is 0 Å². The maximum Gasteiger partial charge on any atom is 0.243 e. The summed E-state index contributed by atoms with van der Waals surface area (Å²) in [6.45, 7) is 0. The Morgan fingerprint density at radius 2 is 1.76 bits per heavy atom. The normalized spacial score (nSPS) is 19.5. The van der Waals surface area contributed by atoms with Crippen molar-refractivity contribution < 1.29 is 25.6 Å². The molecule has 1 saturated heterocycles. The molecule has 0 unspecified atom stereocenters. The van der Waals surface area contributed by atoms with Crippen LogP contribution in [-0.2, 0) is 19.9 Å². The summed E-state index contributed by atoms with van der Waals surface area (Å²) < 4.78 is 75.7. The molecule has 1 heterocycles. The van der Waals surface area contributed by atoms with Gasteiger partial charge in [0.25, 0.3) is 0 Å². The third kappa shape index (κ3) is 3.50. The van der Waals surface area contributed by atoms with Crippen molar-refractivity contribution in [2.24, 2.45) is 0 Å². The fraction of sp³-hybridized carbons (Fsp3) is 0.455. The highest BCUT2D eigenvalue weighted by Crippen LogP contribution is 2.24. The van der Waals surface area contributed by atoms with E-state index in [1.54, 1.807) is 0 Å². The largest absolute Gasteiger partial charge is 0.394 e. The van der Waals surface area contributed by atoms with E-state index in [1.165, 1.54) is 0 Å². The zero-order valence-corrected chi connectivity index (χ0v) is 12.5. The third-order valence-electron chi connectivity index (χ3n) is 3.26. The first-order valence-corrected chi connectivity index (χ1v) is 9.39. The standard InChI is InChI=1S/C11H14F2N2O4S2/c12-8-1-2-9(10(13)11(8)14)21(18,19)15-7-3-5-20(16,17)6-4-7/h1-2,7,15H,3-6,14H2. The average Bonchev–Trinajstić information content (AvgIpc) is 2.38. The van der Waals surface area contributed by atoms with Crippen LogP contribution in [0, 0.1) is 11.6 Å². The summed E-state index contributed by atoms with van der Waals surface area (Å²) in [4.78, 5) is -0.755. The maximum absolute atomic E-state index is 13.8. The first-order valence-electron chi connectivity index (χ1n) is 6.08. The molecule has 0 amide bonds. The van der Waals surface area contributed by atoms with E-state index in [0.29, 0.717) is 0 Å². The van der Waals surface area contributed by atoms with Crippen LogP contribution in [0.2, 0.25) is 0 Å². The highest BCUT2D eigenvalue weighted by molar-refractivity contribution is 7.91. The molecule has 0 aromatic heterocycles. The molecular formula is C11H14F2N2O4S2. The summed E-state index contributed by atoms with van der Waals surface area (Å²) >= 11 is 0.